The van der Waals surface area contributed by atoms with Crippen LogP contribution >= 0.6 is 0 Å². The molecule has 17 heavy (non-hydrogen) atoms. The zero-order valence-corrected chi connectivity index (χ0v) is 9.64. The van der Waals surface area contributed by atoms with Crippen molar-refractivity contribution >= 4 is 5.91 Å². The van der Waals surface area contributed by atoms with Crippen LogP contribution in [0.3, 0.4) is 0 Å². The van der Waals surface area contributed by atoms with Gasteiger partial charge in [-0.1, -0.05) is 0 Å². The SMILES string of the molecule is CCNC(=O)Cc1cncc(-c2ccco2)c1. The number of nitrogens with one attached hydrogen (secondary N) is 1. The summed E-state index contributed by atoms with van der Waals surface area (Å²) in [4.78, 5) is 15.6. The molecule has 0 aliphatic heterocycles. The summed E-state index contributed by atoms with van der Waals surface area (Å²) in [7, 11) is 0. The second kappa shape index (κ2) is 5.30. The molecule has 88 valence electrons. The number of hydrogen-bond acceptors (Lipinski definition) is 3. The number of nitrogens with zero attached hydrogens (tertiary/aromatic N) is 1. The van der Waals surface area contributed by atoms with E-state index < -0.39 is 0 Å². The lowest BCUT2D eigenvalue weighted by atomic mass is 10.1. The molecule has 0 atom stereocenters. The molecule has 0 radical (unpaired) electrons. The molecule has 2 heterocycles. The van der Waals surface area contributed by atoms with Crippen molar-refractivity contribution in [1.29, 1.82) is 0 Å². The lowest BCUT2D eigenvalue weighted by Gasteiger charge is -2.03. The number of rotatable bonds is 4. The van der Waals surface area contributed by atoms with Crippen LogP contribution in [0.1, 0.15) is 12.5 Å². The molecule has 4 nitrogen and oxygen atoms in total. The average Bonchev–Trinajstić information content (AvgIpc) is 2.83. The van der Waals surface area contributed by atoms with E-state index in [2.05, 4.69) is 10.3 Å². The smallest absolute Gasteiger partial charge is 0.224 e. The Morgan fingerprint density at radius 2 is 2.35 bits per heavy atom. The van der Waals surface area contributed by atoms with Gasteiger partial charge in [0.05, 0.1) is 12.7 Å². The fraction of sp³-hybridized carbons (Fsp3) is 0.231. The van der Waals surface area contributed by atoms with Gasteiger partial charge in [0.25, 0.3) is 0 Å². The van der Waals surface area contributed by atoms with Crippen molar-refractivity contribution in [3.8, 4) is 11.3 Å². The highest BCUT2D eigenvalue weighted by atomic mass is 16.3. The zero-order chi connectivity index (χ0) is 12.1. The van der Waals surface area contributed by atoms with E-state index in [1.165, 1.54) is 0 Å². The molecule has 0 spiro atoms. The molecule has 0 aliphatic rings. The van der Waals surface area contributed by atoms with Gasteiger partial charge in [0.15, 0.2) is 0 Å². The fourth-order valence-corrected chi connectivity index (χ4v) is 1.61. The van der Waals surface area contributed by atoms with E-state index in [1.54, 1.807) is 18.7 Å². The molecule has 0 aromatic carbocycles. The normalized spacial score (nSPS) is 10.2. The third-order valence-electron chi connectivity index (χ3n) is 2.34. The van der Waals surface area contributed by atoms with Crippen LogP contribution < -0.4 is 5.32 Å². The molecule has 0 bridgehead atoms. The first-order valence-corrected chi connectivity index (χ1v) is 5.54. The number of carbonyl (C=O) groups is 1. The van der Waals surface area contributed by atoms with Crippen molar-refractivity contribution in [2.45, 2.75) is 13.3 Å². The van der Waals surface area contributed by atoms with Crippen molar-refractivity contribution < 1.29 is 9.21 Å². The van der Waals surface area contributed by atoms with Crippen molar-refractivity contribution in [3.05, 3.63) is 42.4 Å². The number of pyridine rings is 1. The molecular formula is C13H14N2O2. The molecule has 2 aromatic rings. The van der Waals surface area contributed by atoms with E-state index in [1.807, 2.05) is 25.1 Å². The molecule has 0 unspecified atom stereocenters. The van der Waals surface area contributed by atoms with Crippen LogP contribution in [0.15, 0.2) is 41.3 Å². The standard InChI is InChI=1S/C13H14N2O2/c1-2-15-13(16)7-10-6-11(9-14-8-10)12-4-3-5-17-12/h3-6,8-9H,2,7H2,1H3,(H,15,16). The van der Waals surface area contributed by atoms with Gasteiger partial charge in [-0.3, -0.25) is 9.78 Å². The Bertz CT molecular complexity index is 492. The first-order chi connectivity index (χ1) is 8.29. The van der Waals surface area contributed by atoms with Crippen molar-refractivity contribution in [2.24, 2.45) is 0 Å². The Labute approximate surface area is 99.7 Å². The van der Waals surface area contributed by atoms with Gasteiger partial charge in [-0.15, -0.1) is 0 Å². The van der Waals surface area contributed by atoms with Gasteiger partial charge in [-0.25, -0.2) is 0 Å². The molecule has 2 rings (SSSR count). The summed E-state index contributed by atoms with van der Waals surface area (Å²) in [5.74, 6) is 0.765. The van der Waals surface area contributed by atoms with Crippen molar-refractivity contribution in [1.82, 2.24) is 10.3 Å². The van der Waals surface area contributed by atoms with E-state index in [4.69, 9.17) is 4.42 Å². The zero-order valence-electron chi connectivity index (χ0n) is 9.64. The van der Waals surface area contributed by atoms with Crippen LogP contribution in [0.2, 0.25) is 0 Å². The largest absolute Gasteiger partial charge is 0.464 e. The van der Waals surface area contributed by atoms with Crippen molar-refractivity contribution in [3.63, 3.8) is 0 Å². The van der Waals surface area contributed by atoms with E-state index in [0.29, 0.717) is 13.0 Å². The molecule has 0 saturated heterocycles. The van der Waals surface area contributed by atoms with Crippen LogP contribution in [-0.2, 0) is 11.2 Å². The van der Waals surface area contributed by atoms with Gasteiger partial charge in [-0.2, -0.15) is 0 Å². The van der Waals surface area contributed by atoms with Gasteiger partial charge in [0.2, 0.25) is 5.91 Å². The minimum Gasteiger partial charge on any atom is -0.464 e. The number of aromatic nitrogens is 1. The Balaban J connectivity index is 2.15. The lowest BCUT2D eigenvalue weighted by molar-refractivity contribution is -0.120. The van der Waals surface area contributed by atoms with Crippen LogP contribution in [-0.4, -0.2) is 17.4 Å². The molecular weight excluding hydrogens is 216 g/mol. The van der Waals surface area contributed by atoms with Crippen LogP contribution in [0.4, 0.5) is 0 Å². The Kier molecular flexibility index (Phi) is 3.55. The van der Waals surface area contributed by atoms with Crippen molar-refractivity contribution in [2.75, 3.05) is 6.54 Å². The number of likely N-dealkylation sites (N-methyl/N-ethyl adjacent to an activating group) is 1. The average molecular weight is 230 g/mol. The van der Waals surface area contributed by atoms with Gasteiger partial charge >= 0.3 is 0 Å². The summed E-state index contributed by atoms with van der Waals surface area (Å²) in [5, 5.41) is 2.76. The first kappa shape index (κ1) is 11.4. The molecule has 2 aromatic heterocycles. The third kappa shape index (κ3) is 2.93. The molecule has 0 saturated carbocycles. The highest BCUT2D eigenvalue weighted by Gasteiger charge is 2.05. The van der Waals surface area contributed by atoms with Crippen LogP contribution in [0.5, 0.6) is 0 Å². The van der Waals surface area contributed by atoms with Gasteiger partial charge in [0.1, 0.15) is 5.76 Å². The quantitative estimate of drug-likeness (QED) is 0.874. The molecule has 0 fully saturated rings. The number of hydrogen-bond donors (Lipinski definition) is 1. The summed E-state index contributed by atoms with van der Waals surface area (Å²) >= 11 is 0. The summed E-state index contributed by atoms with van der Waals surface area (Å²) in [6.45, 7) is 2.54. The summed E-state index contributed by atoms with van der Waals surface area (Å²) in [6.07, 6.45) is 5.38. The topological polar surface area (TPSA) is 55.1 Å². The lowest BCUT2D eigenvalue weighted by Crippen LogP contribution is -2.24. The monoisotopic (exact) mass is 230 g/mol. The number of amides is 1. The summed E-state index contributed by atoms with van der Waals surface area (Å²) in [6, 6.07) is 5.61. The third-order valence-corrected chi connectivity index (χ3v) is 2.34. The maximum absolute atomic E-state index is 11.4. The maximum Gasteiger partial charge on any atom is 0.224 e. The van der Waals surface area contributed by atoms with E-state index in [-0.39, 0.29) is 5.91 Å². The Morgan fingerprint density at radius 3 is 3.06 bits per heavy atom. The van der Waals surface area contributed by atoms with Crippen LogP contribution in [0.25, 0.3) is 11.3 Å². The minimum atomic E-state index is 0.00546. The van der Waals surface area contributed by atoms with E-state index >= 15 is 0 Å². The predicted octanol–water partition coefficient (Wildman–Crippen LogP) is 2.02. The van der Waals surface area contributed by atoms with E-state index in [0.717, 1.165) is 16.9 Å². The summed E-state index contributed by atoms with van der Waals surface area (Å²) in [5.41, 5.74) is 1.77. The second-order valence-corrected chi connectivity index (χ2v) is 3.69. The predicted molar refractivity (Wildman–Crippen MR) is 64.3 cm³/mol. The van der Waals surface area contributed by atoms with Gasteiger partial charge < -0.3 is 9.73 Å². The molecule has 1 amide bonds. The van der Waals surface area contributed by atoms with E-state index in [9.17, 15) is 4.79 Å². The Hall–Kier alpha value is -2.10. The van der Waals surface area contributed by atoms with Gasteiger partial charge in [-0.05, 0) is 30.7 Å². The summed E-state index contributed by atoms with van der Waals surface area (Å²) < 4.78 is 5.29. The fourth-order valence-electron chi connectivity index (χ4n) is 1.61. The molecule has 1 N–H and O–H groups in total. The number of furan rings is 1. The van der Waals surface area contributed by atoms with Crippen LogP contribution in [0, 0.1) is 0 Å². The first-order valence-electron chi connectivity index (χ1n) is 5.54. The maximum atomic E-state index is 11.4. The Morgan fingerprint density at radius 1 is 1.47 bits per heavy atom. The molecule has 0 aliphatic carbocycles. The van der Waals surface area contributed by atoms with Gasteiger partial charge in [0, 0.05) is 24.5 Å². The highest BCUT2D eigenvalue weighted by Crippen LogP contribution is 2.19. The minimum absolute atomic E-state index is 0.00546. The number of carbonyl (C=O) groups excluding carboxylic acids is 1. The second-order valence-electron chi connectivity index (χ2n) is 3.69. The molecule has 4 heteroatoms. The highest BCUT2D eigenvalue weighted by molar-refractivity contribution is 5.78.